The number of nitrogens with two attached hydrogens (primary N) is 1. The summed E-state index contributed by atoms with van der Waals surface area (Å²) in [7, 11) is -3.58. The lowest BCUT2D eigenvalue weighted by Gasteiger charge is -2.02. The van der Waals surface area contributed by atoms with Gasteiger partial charge in [0.05, 0.1) is 0 Å². The van der Waals surface area contributed by atoms with Gasteiger partial charge in [-0.15, -0.1) is 5.10 Å². The van der Waals surface area contributed by atoms with Gasteiger partial charge in [-0.05, 0) is 18.6 Å². The zero-order valence-electron chi connectivity index (χ0n) is 11.6. The van der Waals surface area contributed by atoms with Gasteiger partial charge in [-0.1, -0.05) is 28.1 Å². The highest BCUT2D eigenvalue weighted by atomic mass is 79.9. The molecule has 22 heavy (non-hydrogen) atoms. The van der Waals surface area contributed by atoms with E-state index in [0.717, 1.165) is 21.9 Å². The van der Waals surface area contributed by atoms with Crippen LogP contribution in [0.1, 0.15) is 5.56 Å². The average molecular weight is 383 g/mol. The van der Waals surface area contributed by atoms with Crippen molar-refractivity contribution in [2.45, 2.75) is 12.1 Å². The molecule has 3 rings (SSSR count). The van der Waals surface area contributed by atoms with Crippen molar-refractivity contribution in [1.29, 1.82) is 0 Å². The van der Waals surface area contributed by atoms with E-state index < -0.39 is 9.84 Å². The van der Waals surface area contributed by atoms with Gasteiger partial charge in [0, 0.05) is 16.3 Å². The van der Waals surface area contributed by atoms with E-state index in [-0.39, 0.29) is 16.9 Å². The third-order valence-corrected chi connectivity index (χ3v) is 4.76. The largest absolute Gasteiger partial charge is 0.368 e. The molecule has 0 aliphatic heterocycles. The Kier molecular flexibility index (Phi) is 3.37. The molecule has 0 spiro atoms. The quantitative estimate of drug-likeness (QED) is 0.708. The lowest BCUT2D eigenvalue weighted by molar-refractivity contribution is 0.592. The molecule has 2 N–H and O–H groups in total. The van der Waals surface area contributed by atoms with Crippen LogP contribution in [-0.2, 0) is 9.84 Å². The molecule has 0 aliphatic carbocycles. The van der Waals surface area contributed by atoms with E-state index in [0.29, 0.717) is 5.82 Å². The molecule has 0 bridgehead atoms. The van der Waals surface area contributed by atoms with Gasteiger partial charge in [-0.25, -0.2) is 8.42 Å². The van der Waals surface area contributed by atoms with Gasteiger partial charge >= 0.3 is 0 Å². The molecule has 0 saturated heterocycles. The number of halogens is 1. The highest BCUT2D eigenvalue weighted by Gasteiger charge is 2.18. The van der Waals surface area contributed by atoms with Crippen LogP contribution in [0, 0.1) is 6.92 Å². The number of fused-ring (bicyclic) bond motifs is 1. The Morgan fingerprint density at radius 2 is 1.95 bits per heavy atom. The highest BCUT2D eigenvalue weighted by molar-refractivity contribution is 9.10. The summed E-state index contributed by atoms with van der Waals surface area (Å²) in [6.45, 7) is 1.92. The molecule has 8 nitrogen and oxygen atoms in total. The molecule has 0 unspecified atom stereocenters. The Bertz CT molecular complexity index is 998. The SMILES string of the molecule is Cc1c(Br)cccc1-c1nc2nc(S(C)(=O)=O)nc(N)n2n1. The summed E-state index contributed by atoms with van der Waals surface area (Å²) in [6.07, 6.45) is 1.01. The number of rotatable bonds is 2. The van der Waals surface area contributed by atoms with Crippen LogP contribution in [0.25, 0.3) is 17.2 Å². The van der Waals surface area contributed by atoms with Gasteiger partial charge in [0.15, 0.2) is 5.82 Å². The molecule has 0 saturated carbocycles. The summed E-state index contributed by atoms with van der Waals surface area (Å²) in [6, 6.07) is 5.62. The fourth-order valence-corrected chi connectivity index (χ4v) is 2.79. The first-order valence-corrected chi connectivity index (χ1v) is 8.81. The third-order valence-electron chi connectivity index (χ3n) is 3.05. The molecule has 2 aromatic heterocycles. The monoisotopic (exact) mass is 382 g/mol. The Balaban J connectivity index is 2.26. The Morgan fingerprint density at radius 3 is 2.64 bits per heavy atom. The molecule has 0 atom stereocenters. The Morgan fingerprint density at radius 1 is 1.23 bits per heavy atom. The van der Waals surface area contributed by atoms with E-state index in [1.54, 1.807) is 0 Å². The summed E-state index contributed by atoms with van der Waals surface area (Å²) < 4.78 is 25.2. The average Bonchev–Trinajstić information content (AvgIpc) is 2.85. The van der Waals surface area contributed by atoms with Crippen molar-refractivity contribution < 1.29 is 8.42 Å². The third kappa shape index (κ3) is 2.44. The number of hydrogen-bond donors (Lipinski definition) is 1. The molecular formula is C12H11BrN6O2S. The lowest BCUT2D eigenvalue weighted by atomic mass is 10.1. The molecular weight excluding hydrogens is 372 g/mol. The van der Waals surface area contributed by atoms with Crippen molar-refractivity contribution in [2.75, 3.05) is 12.0 Å². The van der Waals surface area contributed by atoms with Crippen molar-refractivity contribution in [2.24, 2.45) is 0 Å². The molecule has 0 amide bonds. The van der Waals surface area contributed by atoms with Gasteiger partial charge in [0.2, 0.25) is 15.8 Å². The van der Waals surface area contributed by atoms with Crippen LogP contribution in [0.4, 0.5) is 5.95 Å². The number of sulfone groups is 1. The summed E-state index contributed by atoms with van der Waals surface area (Å²) in [5.74, 6) is 0.393. The number of benzene rings is 1. The first-order chi connectivity index (χ1) is 10.3. The van der Waals surface area contributed by atoms with Crippen LogP contribution < -0.4 is 5.73 Å². The van der Waals surface area contributed by atoms with Crippen LogP contribution in [0.2, 0.25) is 0 Å². The van der Waals surface area contributed by atoms with Crippen molar-refractivity contribution in [3.63, 3.8) is 0 Å². The van der Waals surface area contributed by atoms with Crippen molar-refractivity contribution in [1.82, 2.24) is 24.6 Å². The Hall–Kier alpha value is -2.07. The number of aromatic nitrogens is 5. The fourth-order valence-electron chi connectivity index (χ4n) is 1.92. The number of hydrogen-bond acceptors (Lipinski definition) is 7. The van der Waals surface area contributed by atoms with Crippen molar-refractivity contribution >= 4 is 37.5 Å². The maximum absolute atomic E-state index is 11.6. The molecule has 3 aromatic rings. The van der Waals surface area contributed by atoms with Gasteiger partial charge < -0.3 is 5.73 Å². The maximum Gasteiger partial charge on any atom is 0.258 e. The highest BCUT2D eigenvalue weighted by Crippen LogP contribution is 2.26. The van der Waals surface area contributed by atoms with Gasteiger partial charge in [0.25, 0.3) is 10.9 Å². The van der Waals surface area contributed by atoms with Crippen molar-refractivity contribution in [3.05, 3.63) is 28.2 Å². The molecule has 0 aliphatic rings. The predicted octanol–water partition coefficient (Wildman–Crippen LogP) is 1.24. The molecule has 114 valence electrons. The zero-order valence-corrected chi connectivity index (χ0v) is 14.1. The van der Waals surface area contributed by atoms with Crippen LogP contribution in [0.3, 0.4) is 0 Å². The standard InChI is InChI=1S/C12H11BrN6O2S/c1-6-7(4-3-5-8(6)13)9-15-11-17-12(22(2,20)21)16-10(14)19(11)18-9/h3-5H,1-2H3,(H2,14,15,16,17,18). The second kappa shape index (κ2) is 4.99. The summed E-state index contributed by atoms with van der Waals surface area (Å²) >= 11 is 3.45. The minimum Gasteiger partial charge on any atom is -0.368 e. The summed E-state index contributed by atoms with van der Waals surface area (Å²) in [5, 5.41) is 3.87. The molecule has 10 heteroatoms. The molecule has 2 heterocycles. The number of anilines is 1. The first-order valence-electron chi connectivity index (χ1n) is 6.13. The lowest BCUT2D eigenvalue weighted by Crippen LogP contribution is -2.11. The van der Waals surface area contributed by atoms with Crippen molar-refractivity contribution in [3.8, 4) is 11.4 Å². The van der Waals surface area contributed by atoms with Gasteiger partial charge in [-0.3, -0.25) is 0 Å². The summed E-state index contributed by atoms with van der Waals surface area (Å²) in [4.78, 5) is 11.9. The van der Waals surface area contributed by atoms with Gasteiger partial charge in [0.1, 0.15) is 0 Å². The normalized spacial score (nSPS) is 12.0. The predicted molar refractivity (Wildman–Crippen MR) is 84.0 cm³/mol. The smallest absolute Gasteiger partial charge is 0.258 e. The number of nitrogen functional groups attached to an aromatic ring is 1. The molecule has 1 aromatic carbocycles. The van der Waals surface area contributed by atoms with E-state index in [1.807, 2.05) is 25.1 Å². The van der Waals surface area contributed by atoms with Crippen LogP contribution in [0.15, 0.2) is 27.8 Å². The topological polar surface area (TPSA) is 116 Å². The van der Waals surface area contributed by atoms with E-state index in [9.17, 15) is 8.42 Å². The second-order valence-electron chi connectivity index (χ2n) is 4.70. The zero-order chi connectivity index (χ0) is 16.1. The molecule has 0 radical (unpaired) electrons. The van der Waals surface area contributed by atoms with Crippen LogP contribution in [-0.4, -0.2) is 39.2 Å². The summed E-state index contributed by atoms with van der Waals surface area (Å²) in [5.41, 5.74) is 7.49. The minimum atomic E-state index is -3.58. The Labute approximate surface area is 134 Å². The van der Waals surface area contributed by atoms with E-state index in [1.165, 1.54) is 4.52 Å². The minimum absolute atomic E-state index is 0.0855. The van der Waals surface area contributed by atoms with Crippen LogP contribution in [0.5, 0.6) is 0 Å². The van der Waals surface area contributed by atoms with Gasteiger partial charge in [-0.2, -0.15) is 19.5 Å². The maximum atomic E-state index is 11.6. The first kappa shape index (κ1) is 14.9. The van der Waals surface area contributed by atoms with E-state index in [2.05, 4.69) is 36.0 Å². The van der Waals surface area contributed by atoms with E-state index in [4.69, 9.17) is 5.73 Å². The number of nitrogens with zero attached hydrogens (tertiary/aromatic N) is 5. The van der Waals surface area contributed by atoms with E-state index >= 15 is 0 Å². The van der Waals surface area contributed by atoms with Crippen LogP contribution >= 0.6 is 15.9 Å². The second-order valence-corrected chi connectivity index (χ2v) is 7.46. The molecule has 0 fully saturated rings. The fraction of sp³-hybridized carbons (Fsp3) is 0.167.